The van der Waals surface area contributed by atoms with Crippen LogP contribution >= 0.6 is 0 Å². The minimum absolute atomic E-state index is 0.0516. The largest absolute Gasteiger partial charge is 0.379 e. The molecular weight excluding hydrogens is 456 g/mol. The summed E-state index contributed by atoms with van der Waals surface area (Å²) < 4.78 is 32.3. The number of hydrogen-bond donors (Lipinski definition) is 3. The van der Waals surface area contributed by atoms with Crippen LogP contribution in [0, 0.1) is 0 Å². The molecule has 0 spiro atoms. The summed E-state index contributed by atoms with van der Waals surface area (Å²) in [6.07, 6.45) is 0. The van der Waals surface area contributed by atoms with E-state index in [0.717, 1.165) is 11.1 Å². The Morgan fingerprint density at radius 3 is 2.24 bits per heavy atom. The van der Waals surface area contributed by atoms with Crippen molar-refractivity contribution in [1.29, 1.82) is 0 Å². The van der Waals surface area contributed by atoms with Crippen LogP contribution < -0.4 is 16.0 Å². The number of hydrogen-bond acceptors (Lipinski definition) is 5. The predicted molar refractivity (Wildman–Crippen MR) is 130 cm³/mol. The number of benzene rings is 2. The molecule has 1 fully saturated rings. The summed E-state index contributed by atoms with van der Waals surface area (Å²) in [5.41, 5.74) is 2.77. The van der Waals surface area contributed by atoms with Crippen LogP contribution in [-0.4, -0.2) is 57.0 Å². The van der Waals surface area contributed by atoms with Gasteiger partial charge in [-0.25, -0.2) is 13.2 Å². The first-order valence-electron chi connectivity index (χ1n) is 11.3. The van der Waals surface area contributed by atoms with Crippen LogP contribution in [0.3, 0.4) is 0 Å². The van der Waals surface area contributed by atoms with Crippen LogP contribution in [0.5, 0.6) is 0 Å². The van der Waals surface area contributed by atoms with E-state index >= 15 is 0 Å². The minimum Gasteiger partial charge on any atom is -0.379 e. The van der Waals surface area contributed by atoms with E-state index in [9.17, 15) is 18.0 Å². The summed E-state index contributed by atoms with van der Waals surface area (Å²) in [7, 11) is -3.47. The first kappa shape index (κ1) is 25.7. The van der Waals surface area contributed by atoms with Crippen molar-refractivity contribution in [3.63, 3.8) is 0 Å². The molecule has 10 heteroatoms. The smallest absolute Gasteiger partial charge is 0.315 e. The summed E-state index contributed by atoms with van der Waals surface area (Å²) >= 11 is 0. The Balaban J connectivity index is 1.56. The highest BCUT2D eigenvalue weighted by molar-refractivity contribution is 7.88. The van der Waals surface area contributed by atoms with Gasteiger partial charge < -0.3 is 20.7 Å². The van der Waals surface area contributed by atoms with Crippen LogP contribution in [-0.2, 0) is 33.6 Å². The summed E-state index contributed by atoms with van der Waals surface area (Å²) in [5, 5.41) is 8.38. The third-order valence-corrected chi connectivity index (χ3v) is 7.18. The molecule has 0 saturated carbocycles. The first-order valence-corrected chi connectivity index (χ1v) is 12.9. The molecule has 0 bridgehead atoms. The molecule has 0 atom stereocenters. The average molecular weight is 489 g/mol. The lowest BCUT2D eigenvalue weighted by molar-refractivity contribution is 0.0729. The Hall–Kier alpha value is -2.95. The number of ether oxygens (including phenoxy) is 1. The SMILES string of the molecule is CC(C)NC(=O)NCc1ccc(C(=O)NCc2ccccc2CS(=O)(=O)N2CCOCC2)cc1. The number of amides is 3. The molecule has 184 valence electrons. The number of morpholine rings is 1. The Morgan fingerprint density at radius 2 is 1.59 bits per heavy atom. The summed E-state index contributed by atoms with van der Waals surface area (Å²) in [5.74, 6) is -0.381. The molecule has 0 aromatic heterocycles. The van der Waals surface area contributed by atoms with E-state index in [2.05, 4.69) is 16.0 Å². The molecular formula is C24H32N4O5S. The van der Waals surface area contributed by atoms with Gasteiger partial charge in [0.15, 0.2) is 0 Å². The van der Waals surface area contributed by atoms with E-state index in [-0.39, 0.29) is 30.3 Å². The highest BCUT2D eigenvalue weighted by Crippen LogP contribution is 2.17. The number of carbonyl (C=O) groups excluding carboxylic acids is 2. The van der Waals surface area contributed by atoms with Crippen molar-refractivity contribution in [2.24, 2.45) is 0 Å². The van der Waals surface area contributed by atoms with Gasteiger partial charge in [-0.2, -0.15) is 4.31 Å². The molecule has 1 saturated heterocycles. The number of sulfonamides is 1. The quantitative estimate of drug-likeness (QED) is 0.499. The predicted octanol–water partition coefficient (Wildman–Crippen LogP) is 1.99. The fourth-order valence-electron chi connectivity index (χ4n) is 3.53. The number of nitrogens with zero attached hydrogens (tertiary/aromatic N) is 1. The molecule has 0 unspecified atom stereocenters. The van der Waals surface area contributed by atoms with Gasteiger partial charge >= 0.3 is 6.03 Å². The molecule has 2 aromatic rings. The summed E-state index contributed by atoms with van der Waals surface area (Å²) in [6.45, 7) is 5.85. The van der Waals surface area contributed by atoms with Crippen molar-refractivity contribution in [3.8, 4) is 0 Å². The average Bonchev–Trinajstić information content (AvgIpc) is 2.82. The van der Waals surface area contributed by atoms with Crippen LogP contribution in [0.2, 0.25) is 0 Å². The monoisotopic (exact) mass is 488 g/mol. The fourth-order valence-corrected chi connectivity index (χ4v) is 5.09. The number of carbonyl (C=O) groups is 2. The zero-order valence-electron chi connectivity index (χ0n) is 19.5. The van der Waals surface area contributed by atoms with Gasteiger partial charge in [0.25, 0.3) is 5.91 Å². The van der Waals surface area contributed by atoms with Gasteiger partial charge in [0.1, 0.15) is 0 Å². The lowest BCUT2D eigenvalue weighted by Crippen LogP contribution is -2.41. The molecule has 0 aliphatic carbocycles. The summed E-state index contributed by atoms with van der Waals surface area (Å²) in [4.78, 5) is 24.3. The second-order valence-corrected chi connectivity index (χ2v) is 10.4. The third-order valence-electron chi connectivity index (χ3n) is 5.35. The second kappa shape index (κ2) is 12.0. The molecule has 1 heterocycles. The number of rotatable bonds is 9. The minimum atomic E-state index is -3.47. The Kier molecular flexibility index (Phi) is 9.03. The lowest BCUT2D eigenvalue weighted by atomic mass is 10.1. The van der Waals surface area contributed by atoms with Crippen molar-refractivity contribution < 1.29 is 22.7 Å². The van der Waals surface area contributed by atoms with E-state index in [0.29, 0.717) is 44.0 Å². The van der Waals surface area contributed by atoms with Gasteiger partial charge in [0, 0.05) is 37.8 Å². The maximum absolute atomic E-state index is 12.8. The van der Waals surface area contributed by atoms with Gasteiger partial charge in [-0.3, -0.25) is 4.79 Å². The zero-order chi connectivity index (χ0) is 24.6. The van der Waals surface area contributed by atoms with E-state index in [1.165, 1.54) is 4.31 Å². The Labute approximate surface area is 200 Å². The van der Waals surface area contributed by atoms with Crippen molar-refractivity contribution >= 4 is 22.0 Å². The third kappa shape index (κ3) is 7.54. The van der Waals surface area contributed by atoms with Crippen molar-refractivity contribution in [3.05, 3.63) is 70.8 Å². The van der Waals surface area contributed by atoms with Gasteiger partial charge in [-0.15, -0.1) is 0 Å². The van der Waals surface area contributed by atoms with Gasteiger partial charge in [0.2, 0.25) is 10.0 Å². The highest BCUT2D eigenvalue weighted by atomic mass is 32.2. The molecule has 2 aromatic carbocycles. The maximum Gasteiger partial charge on any atom is 0.315 e. The van der Waals surface area contributed by atoms with E-state index < -0.39 is 10.0 Å². The van der Waals surface area contributed by atoms with Crippen LogP contribution in [0.1, 0.15) is 40.9 Å². The summed E-state index contributed by atoms with van der Waals surface area (Å²) in [6, 6.07) is 14.0. The number of nitrogens with one attached hydrogen (secondary N) is 3. The van der Waals surface area contributed by atoms with Gasteiger partial charge in [-0.1, -0.05) is 36.4 Å². The normalized spacial score (nSPS) is 14.6. The van der Waals surface area contributed by atoms with E-state index in [1.54, 1.807) is 36.4 Å². The highest BCUT2D eigenvalue weighted by Gasteiger charge is 2.25. The maximum atomic E-state index is 12.8. The molecule has 9 nitrogen and oxygen atoms in total. The molecule has 1 aliphatic heterocycles. The van der Waals surface area contributed by atoms with Crippen molar-refractivity contribution in [2.45, 2.75) is 38.7 Å². The van der Waals surface area contributed by atoms with Gasteiger partial charge in [-0.05, 0) is 42.7 Å². The molecule has 1 aliphatic rings. The fraction of sp³-hybridized carbons (Fsp3) is 0.417. The van der Waals surface area contributed by atoms with E-state index in [1.807, 2.05) is 26.0 Å². The van der Waals surface area contributed by atoms with E-state index in [4.69, 9.17) is 4.74 Å². The molecule has 0 radical (unpaired) electrons. The number of urea groups is 1. The second-order valence-electron chi connectivity index (χ2n) is 8.40. The lowest BCUT2D eigenvalue weighted by Gasteiger charge is -2.26. The first-order chi connectivity index (χ1) is 16.2. The molecule has 3 amide bonds. The van der Waals surface area contributed by atoms with Crippen LogP contribution in [0.15, 0.2) is 48.5 Å². The zero-order valence-corrected chi connectivity index (χ0v) is 20.4. The standard InChI is InChI=1S/C24H32N4O5S/c1-18(2)27-24(30)26-15-19-7-9-20(10-8-19)23(29)25-16-21-5-3-4-6-22(21)17-34(31,32)28-11-13-33-14-12-28/h3-10,18H,11-17H2,1-2H3,(H,25,29)(H2,26,27,30). The molecule has 3 N–H and O–H groups in total. The van der Waals surface area contributed by atoms with Gasteiger partial charge in [0.05, 0.1) is 19.0 Å². The molecule has 3 rings (SSSR count). The van der Waals surface area contributed by atoms with Crippen LogP contribution in [0.25, 0.3) is 0 Å². The Morgan fingerprint density at radius 1 is 0.941 bits per heavy atom. The molecule has 34 heavy (non-hydrogen) atoms. The van der Waals surface area contributed by atoms with Crippen LogP contribution in [0.4, 0.5) is 4.79 Å². The van der Waals surface area contributed by atoms with Crippen molar-refractivity contribution in [2.75, 3.05) is 26.3 Å². The Bertz CT molecular complexity index is 1080. The topological polar surface area (TPSA) is 117 Å². The van der Waals surface area contributed by atoms with Crippen molar-refractivity contribution in [1.82, 2.24) is 20.3 Å².